The minimum absolute atomic E-state index is 0.476. The van der Waals surface area contributed by atoms with Crippen molar-refractivity contribution < 1.29 is 28.4 Å². The average Bonchev–Trinajstić information content (AvgIpc) is 2.41. The number of rotatable bonds is 6. The predicted molar refractivity (Wildman–Crippen MR) is 76.0 cm³/mol. The fraction of sp³-hybridized carbons (Fsp3) is 0.600. The Labute approximate surface area is 115 Å². The van der Waals surface area contributed by atoms with Gasteiger partial charge in [-0.3, -0.25) is 0 Å². The molecule has 0 aromatic carbocycles. The van der Waals surface area contributed by atoms with Crippen molar-refractivity contribution in [3.63, 3.8) is 0 Å². The largest absolute Gasteiger partial charge is 0.500 e. The zero-order valence-corrected chi connectivity index (χ0v) is 16.4. The molecule has 8 heteroatoms. The Hall–Kier alpha value is -1.29. The summed E-state index contributed by atoms with van der Waals surface area (Å²) in [5.41, 5.74) is 0. The van der Waals surface area contributed by atoms with Crippen LogP contribution in [0.1, 0.15) is 0 Å². The lowest BCUT2D eigenvalue weighted by atomic mass is 10.9. The van der Waals surface area contributed by atoms with Crippen LogP contribution in [0, 0.1) is 0 Å². The van der Waals surface area contributed by atoms with Gasteiger partial charge < -0.3 is 28.4 Å². The summed E-state index contributed by atoms with van der Waals surface area (Å²) in [5.74, 6) is 0.952. The zero-order chi connectivity index (χ0) is 14.6. The maximum Gasteiger partial charge on any atom is 0.311 e. The number of ether oxygens (including phenoxy) is 6. The van der Waals surface area contributed by atoms with E-state index in [0.29, 0.717) is 11.9 Å². The summed E-state index contributed by atoms with van der Waals surface area (Å²) in [4.78, 5) is 0. The molecular weight excluding hydrogens is 272 g/mol. The Bertz CT molecular complexity index is 238. The van der Waals surface area contributed by atoms with E-state index in [-0.39, 0.29) is 0 Å². The molecule has 0 aliphatic carbocycles. The highest BCUT2D eigenvalue weighted by molar-refractivity contribution is 6.20. The van der Waals surface area contributed by atoms with Crippen molar-refractivity contribution in [3.8, 4) is 0 Å². The standard InChI is InChI=1S/2C5H12O3Si/c2*1-6-4(7-2)5(9)8-3/h2*1-3,9H3. The van der Waals surface area contributed by atoms with Gasteiger partial charge in [-0.2, -0.15) is 0 Å². The van der Waals surface area contributed by atoms with E-state index in [0.717, 1.165) is 31.2 Å². The molecular formula is C10H24O6Si2. The summed E-state index contributed by atoms with van der Waals surface area (Å²) in [7, 11) is 11.0. The average molecular weight is 296 g/mol. The van der Waals surface area contributed by atoms with Crippen LogP contribution in [0.5, 0.6) is 0 Å². The maximum absolute atomic E-state index is 4.89. The molecule has 0 saturated heterocycles. The van der Waals surface area contributed by atoms with Crippen LogP contribution in [-0.2, 0) is 28.4 Å². The van der Waals surface area contributed by atoms with Crippen molar-refractivity contribution in [1.82, 2.24) is 0 Å². The van der Waals surface area contributed by atoms with E-state index in [2.05, 4.69) is 0 Å². The lowest BCUT2D eigenvalue weighted by molar-refractivity contribution is 0.0757. The Kier molecular flexibility index (Phi) is 12.9. The van der Waals surface area contributed by atoms with E-state index in [1.165, 1.54) is 0 Å². The van der Waals surface area contributed by atoms with Crippen molar-refractivity contribution in [2.45, 2.75) is 0 Å². The van der Waals surface area contributed by atoms with Gasteiger partial charge in [0.25, 0.3) is 0 Å². The molecule has 0 heterocycles. The molecule has 0 amide bonds. The van der Waals surface area contributed by atoms with Gasteiger partial charge in [-0.1, -0.05) is 0 Å². The minimum Gasteiger partial charge on any atom is -0.500 e. The van der Waals surface area contributed by atoms with Crippen LogP contribution in [0.4, 0.5) is 0 Å². The lowest BCUT2D eigenvalue weighted by Crippen LogP contribution is -1.98. The second-order valence-electron chi connectivity index (χ2n) is 2.91. The molecule has 108 valence electrons. The summed E-state index contributed by atoms with van der Waals surface area (Å²) in [5, 5.41) is 1.56. The van der Waals surface area contributed by atoms with Gasteiger partial charge in [-0.05, 0) is 0 Å². The van der Waals surface area contributed by atoms with Crippen molar-refractivity contribution >= 4 is 20.5 Å². The van der Waals surface area contributed by atoms with Gasteiger partial charge in [-0.15, -0.1) is 0 Å². The molecule has 0 saturated carbocycles. The molecule has 0 atom stereocenters. The Morgan fingerprint density at radius 2 is 0.722 bits per heavy atom. The first-order valence-corrected chi connectivity index (χ1v) is 7.17. The fourth-order valence-corrected chi connectivity index (χ4v) is 1.72. The van der Waals surface area contributed by atoms with Gasteiger partial charge in [-0.25, -0.2) is 0 Å². The summed E-state index contributed by atoms with van der Waals surface area (Å²) in [6, 6.07) is 0. The summed E-state index contributed by atoms with van der Waals surface area (Å²) in [6.07, 6.45) is 0. The Morgan fingerprint density at radius 1 is 0.500 bits per heavy atom. The fourth-order valence-electron chi connectivity index (χ4n) is 0.908. The molecule has 0 spiro atoms. The first kappa shape index (κ1) is 19.1. The number of hydrogen-bond acceptors (Lipinski definition) is 6. The Morgan fingerprint density at radius 3 is 0.778 bits per heavy atom. The third-order valence-electron chi connectivity index (χ3n) is 1.93. The number of hydrogen-bond donors (Lipinski definition) is 0. The first-order chi connectivity index (χ1) is 8.51. The van der Waals surface area contributed by atoms with E-state index in [4.69, 9.17) is 28.4 Å². The third-order valence-corrected chi connectivity index (χ3v) is 3.56. The molecule has 0 aromatic heterocycles. The molecule has 0 bridgehead atoms. The predicted octanol–water partition coefficient (Wildman–Crippen LogP) is -1.16. The van der Waals surface area contributed by atoms with E-state index in [9.17, 15) is 0 Å². The van der Waals surface area contributed by atoms with Crippen LogP contribution in [-0.4, -0.2) is 63.1 Å². The van der Waals surface area contributed by atoms with Crippen molar-refractivity contribution in [3.05, 3.63) is 22.7 Å². The topological polar surface area (TPSA) is 55.4 Å². The molecule has 6 nitrogen and oxygen atoms in total. The van der Waals surface area contributed by atoms with Gasteiger partial charge in [0.15, 0.2) is 0 Å². The quantitative estimate of drug-likeness (QED) is 0.455. The number of methoxy groups -OCH3 is 6. The van der Waals surface area contributed by atoms with Crippen LogP contribution in [0.15, 0.2) is 22.7 Å². The van der Waals surface area contributed by atoms with Crippen molar-refractivity contribution in [2.24, 2.45) is 0 Å². The van der Waals surface area contributed by atoms with E-state index < -0.39 is 0 Å². The molecule has 0 aromatic rings. The van der Waals surface area contributed by atoms with Crippen LogP contribution in [0.3, 0.4) is 0 Å². The molecule has 0 aliphatic heterocycles. The second-order valence-corrected chi connectivity index (χ2v) is 4.73. The summed E-state index contributed by atoms with van der Waals surface area (Å²) >= 11 is 0. The van der Waals surface area contributed by atoms with E-state index >= 15 is 0 Å². The SMILES string of the molecule is COC([SiH3])=C(OC)OC.COC([SiH3])=C(OC)OC. The molecule has 0 fully saturated rings. The summed E-state index contributed by atoms with van der Waals surface area (Å²) in [6.45, 7) is 0. The smallest absolute Gasteiger partial charge is 0.311 e. The minimum atomic E-state index is 0.476. The normalized spacial score (nSPS) is 8.33. The highest BCUT2D eigenvalue weighted by Crippen LogP contribution is 2.02. The molecule has 0 radical (unpaired) electrons. The van der Waals surface area contributed by atoms with Crippen molar-refractivity contribution in [2.75, 3.05) is 42.7 Å². The van der Waals surface area contributed by atoms with Gasteiger partial charge in [0, 0.05) is 0 Å². The van der Waals surface area contributed by atoms with Crippen molar-refractivity contribution in [1.29, 1.82) is 0 Å². The van der Waals surface area contributed by atoms with Crippen LogP contribution >= 0.6 is 0 Å². The van der Waals surface area contributed by atoms with Crippen LogP contribution < -0.4 is 0 Å². The van der Waals surface area contributed by atoms with Gasteiger partial charge >= 0.3 is 11.9 Å². The summed E-state index contributed by atoms with van der Waals surface area (Å²) < 4.78 is 29.0. The van der Waals surface area contributed by atoms with Gasteiger partial charge in [0.05, 0.1) is 63.1 Å². The molecule has 0 N–H and O–H groups in total. The van der Waals surface area contributed by atoms with E-state index in [1.807, 2.05) is 0 Å². The highest BCUT2D eigenvalue weighted by atomic mass is 28.1. The maximum atomic E-state index is 4.89. The Balaban J connectivity index is 0. The second kappa shape index (κ2) is 12.2. The molecule has 0 rings (SSSR count). The molecule has 0 aliphatic rings. The van der Waals surface area contributed by atoms with Crippen LogP contribution in [0.2, 0.25) is 0 Å². The third kappa shape index (κ3) is 7.90. The first-order valence-electron chi connectivity index (χ1n) is 5.17. The molecule has 0 unspecified atom stereocenters. The van der Waals surface area contributed by atoms with Gasteiger partial charge in [0.2, 0.25) is 0 Å². The highest BCUT2D eigenvalue weighted by Gasteiger charge is 1.99. The zero-order valence-electron chi connectivity index (χ0n) is 12.4. The van der Waals surface area contributed by atoms with E-state index in [1.54, 1.807) is 42.7 Å². The van der Waals surface area contributed by atoms with Crippen LogP contribution in [0.25, 0.3) is 0 Å². The molecule has 18 heavy (non-hydrogen) atoms. The monoisotopic (exact) mass is 296 g/mol. The lowest BCUT2D eigenvalue weighted by Gasteiger charge is -2.06. The van der Waals surface area contributed by atoms with Gasteiger partial charge in [0.1, 0.15) is 10.8 Å².